The van der Waals surface area contributed by atoms with Crippen LogP contribution in [-0.2, 0) is 4.79 Å². The molecule has 0 aliphatic rings. The van der Waals surface area contributed by atoms with Gasteiger partial charge in [-0.25, -0.2) is 0 Å². The zero-order valence-electron chi connectivity index (χ0n) is 9.39. The highest BCUT2D eigenvalue weighted by molar-refractivity contribution is 14.1. The van der Waals surface area contributed by atoms with Gasteiger partial charge in [0, 0.05) is 13.2 Å². The fourth-order valence-electron chi connectivity index (χ4n) is 1.72. The van der Waals surface area contributed by atoms with Crippen LogP contribution in [0, 0.1) is 3.70 Å². The first-order chi connectivity index (χ1) is 8.22. The van der Waals surface area contributed by atoms with E-state index in [0.29, 0.717) is 6.42 Å². The molecule has 0 spiro atoms. The zero-order valence-corrected chi connectivity index (χ0v) is 11.5. The number of nitrogens with one attached hydrogen (secondary N) is 1. The minimum Gasteiger partial charge on any atom is -0.467 e. The molecule has 1 atom stereocenters. The summed E-state index contributed by atoms with van der Waals surface area (Å²) in [6.45, 7) is 0. The van der Waals surface area contributed by atoms with Crippen molar-refractivity contribution in [2.45, 2.75) is 12.5 Å². The van der Waals surface area contributed by atoms with E-state index in [0.717, 1.165) is 9.46 Å². The van der Waals surface area contributed by atoms with Crippen LogP contribution in [0.3, 0.4) is 0 Å². The van der Waals surface area contributed by atoms with Gasteiger partial charge in [-0.3, -0.25) is 4.79 Å². The van der Waals surface area contributed by atoms with E-state index in [1.807, 2.05) is 35.0 Å². The van der Waals surface area contributed by atoms with Gasteiger partial charge in [0.25, 0.3) is 0 Å². The molecule has 17 heavy (non-hydrogen) atoms. The summed E-state index contributed by atoms with van der Waals surface area (Å²) in [5.74, 6) is 0.790. The number of rotatable bonds is 4. The third-order valence-corrected chi connectivity index (χ3v) is 3.51. The number of carbonyl (C=O) groups is 1. The van der Waals surface area contributed by atoms with Gasteiger partial charge in [0.05, 0.1) is 16.4 Å². The summed E-state index contributed by atoms with van der Waals surface area (Å²) < 4.78 is 8.53. The van der Waals surface area contributed by atoms with Crippen molar-refractivity contribution in [3.8, 4) is 0 Å². The Bertz CT molecular complexity index is 490. The molecule has 2 aromatic heterocycles. The SMILES string of the molecule is CNC(=O)C[C@H](c1ccco1)n1cccc1I. The number of furan rings is 1. The van der Waals surface area contributed by atoms with E-state index in [-0.39, 0.29) is 11.9 Å². The predicted octanol–water partition coefficient (Wildman–Crippen LogP) is 2.41. The van der Waals surface area contributed by atoms with Crippen molar-refractivity contribution >= 4 is 28.5 Å². The quantitative estimate of drug-likeness (QED) is 0.866. The fraction of sp³-hybridized carbons (Fsp3) is 0.250. The summed E-state index contributed by atoms with van der Waals surface area (Å²) in [7, 11) is 1.64. The molecule has 5 heteroatoms. The minimum absolute atomic E-state index is 0.00380. The highest BCUT2D eigenvalue weighted by atomic mass is 127. The lowest BCUT2D eigenvalue weighted by Crippen LogP contribution is -2.23. The van der Waals surface area contributed by atoms with E-state index < -0.39 is 0 Å². The van der Waals surface area contributed by atoms with E-state index in [2.05, 4.69) is 27.9 Å². The van der Waals surface area contributed by atoms with Gasteiger partial charge in [0.2, 0.25) is 5.91 Å². The predicted molar refractivity (Wildman–Crippen MR) is 72.7 cm³/mol. The Morgan fingerprint density at radius 3 is 2.88 bits per heavy atom. The van der Waals surface area contributed by atoms with Crippen LogP contribution in [0.5, 0.6) is 0 Å². The standard InChI is InChI=1S/C12H13IN2O2/c1-14-12(16)8-9(10-4-3-7-17-10)15-6-2-5-11(15)13/h2-7,9H,8H2,1H3,(H,14,16)/t9-/m1/s1. The van der Waals surface area contributed by atoms with Crippen LogP contribution in [0.2, 0.25) is 0 Å². The maximum Gasteiger partial charge on any atom is 0.222 e. The van der Waals surface area contributed by atoms with Gasteiger partial charge in [0.15, 0.2) is 0 Å². The van der Waals surface area contributed by atoms with Gasteiger partial charge in [-0.15, -0.1) is 0 Å². The van der Waals surface area contributed by atoms with Gasteiger partial charge in [-0.2, -0.15) is 0 Å². The molecule has 0 aliphatic carbocycles. The molecule has 0 aromatic carbocycles. The summed E-state index contributed by atoms with van der Waals surface area (Å²) in [4.78, 5) is 11.6. The molecule has 4 nitrogen and oxygen atoms in total. The number of hydrogen-bond acceptors (Lipinski definition) is 2. The van der Waals surface area contributed by atoms with Crippen LogP contribution in [0.1, 0.15) is 18.2 Å². The van der Waals surface area contributed by atoms with Gasteiger partial charge in [0.1, 0.15) is 11.8 Å². The Morgan fingerprint density at radius 2 is 2.35 bits per heavy atom. The highest BCUT2D eigenvalue weighted by Gasteiger charge is 2.20. The van der Waals surface area contributed by atoms with Crippen LogP contribution in [0.4, 0.5) is 0 Å². The van der Waals surface area contributed by atoms with Crippen molar-refractivity contribution in [3.63, 3.8) is 0 Å². The maximum absolute atomic E-state index is 11.6. The molecule has 1 amide bonds. The number of hydrogen-bond donors (Lipinski definition) is 1. The van der Waals surface area contributed by atoms with Crippen molar-refractivity contribution in [3.05, 3.63) is 46.2 Å². The fourth-order valence-corrected chi connectivity index (χ4v) is 2.42. The number of nitrogens with zero attached hydrogens (tertiary/aromatic N) is 1. The minimum atomic E-state index is -0.0909. The molecule has 0 radical (unpaired) electrons. The first-order valence-corrected chi connectivity index (χ1v) is 6.36. The summed E-state index contributed by atoms with van der Waals surface area (Å²) in [6, 6.07) is 7.60. The molecule has 0 unspecified atom stereocenters. The van der Waals surface area contributed by atoms with Gasteiger partial charge < -0.3 is 14.3 Å². The molecule has 2 heterocycles. The molecule has 90 valence electrons. The average Bonchev–Trinajstić information content (AvgIpc) is 2.97. The van der Waals surface area contributed by atoms with Gasteiger partial charge in [-0.05, 0) is 46.9 Å². The van der Waals surface area contributed by atoms with Crippen LogP contribution >= 0.6 is 22.6 Å². The largest absolute Gasteiger partial charge is 0.467 e. The number of halogens is 1. The monoisotopic (exact) mass is 344 g/mol. The molecule has 2 rings (SSSR count). The van der Waals surface area contributed by atoms with Gasteiger partial charge in [-0.1, -0.05) is 0 Å². The second-order valence-corrected chi connectivity index (χ2v) is 4.75. The second-order valence-electron chi connectivity index (χ2n) is 3.65. The molecule has 0 fully saturated rings. The number of aromatic nitrogens is 1. The topological polar surface area (TPSA) is 47.2 Å². The number of amides is 1. The molecule has 0 bridgehead atoms. The lowest BCUT2D eigenvalue weighted by atomic mass is 10.1. The van der Waals surface area contributed by atoms with Crippen LogP contribution in [-0.4, -0.2) is 17.5 Å². The van der Waals surface area contributed by atoms with Gasteiger partial charge >= 0.3 is 0 Å². The van der Waals surface area contributed by atoms with E-state index in [1.54, 1.807) is 13.3 Å². The van der Waals surface area contributed by atoms with E-state index in [9.17, 15) is 4.79 Å². The molecule has 2 aromatic rings. The Kier molecular flexibility index (Phi) is 3.88. The summed E-state index contributed by atoms with van der Waals surface area (Å²) in [5, 5.41) is 2.64. The molecular weight excluding hydrogens is 331 g/mol. The molecule has 1 N–H and O–H groups in total. The second kappa shape index (κ2) is 5.39. The lowest BCUT2D eigenvalue weighted by molar-refractivity contribution is -0.121. The Morgan fingerprint density at radius 1 is 1.53 bits per heavy atom. The smallest absolute Gasteiger partial charge is 0.222 e. The van der Waals surface area contributed by atoms with Crippen LogP contribution in [0.25, 0.3) is 0 Å². The zero-order chi connectivity index (χ0) is 12.3. The van der Waals surface area contributed by atoms with Crippen molar-refractivity contribution in [2.75, 3.05) is 7.05 Å². The first-order valence-electron chi connectivity index (χ1n) is 5.28. The van der Waals surface area contributed by atoms with E-state index >= 15 is 0 Å². The summed E-state index contributed by atoms with van der Waals surface area (Å²) >= 11 is 2.24. The molecule has 0 saturated heterocycles. The van der Waals surface area contributed by atoms with Crippen LogP contribution < -0.4 is 5.32 Å². The van der Waals surface area contributed by atoms with E-state index in [4.69, 9.17) is 4.42 Å². The average molecular weight is 344 g/mol. The first kappa shape index (κ1) is 12.2. The Labute approximate surface area is 113 Å². The molecular formula is C12H13IN2O2. The van der Waals surface area contributed by atoms with Crippen molar-refractivity contribution in [1.82, 2.24) is 9.88 Å². The lowest BCUT2D eigenvalue weighted by Gasteiger charge is -2.17. The third-order valence-electron chi connectivity index (χ3n) is 2.59. The molecule has 0 saturated carbocycles. The van der Waals surface area contributed by atoms with Crippen molar-refractivity contribution in [2.24, 2.45) is 0 Å². The highest BCUT2D eigenvalue weighted by Crippen LogP contribution is 2.25. The summed E-state index contributed by atoms with van der Waals surface area (Å²) in [5.41, 5.74) is 0. The maximum atomic E-state index is 11.6. The van der Waals surface area contributed by atoms with E-state index in [1.165, 1.54) is 0 Å². The normalized spacial score (nSPS) is 12.4. The third kappa shape index (κ3) is 2.71. The number of carbonyl (C=O) groups excluding carboxylic acids is 1. The summed E-state index contributed by atoms with van der Waals surface area (Å²) in [6.07, 6.45) is 3.95. The molecule has 0 aliphatic heterocycles. The van der Waals surface area contributed by atoms with Crippen LogP contribution in [0.15, 0.2) is 41.1 Å². The van der Waals surface area contributed by atoms with Crippen molar-refractivity contribution in [1.29, 1.82) is 0 Å². The Balaban J connectivity index is 2.31. The Hall–Kier alpha value is -1.24. The van der Waals surface area contributed by atoms with Crippen molar-refractivity contribution < 1.29 is 9.21 Å².